The molecule has 0 saturated carbocycles. The first-order valence-electron chi connectivity index (χ1n) is 28.8. The van der Waals surface area contributed by atoms with Crippen molar-refractivity contribution < 1.29 is 28.6 Å². The van der Waals surface area contributed by atoms with Crippen molar-refractivity contribution in [3.05, 3.63) is 24.3 Å². The van der Waals surface area contributed by atoms with E-state index in [1.807, 2.05) is 0 Å². The van der Waals surface area contributed by atoms with Gasteiger partial charge in [0.1, 0.15) is 13.2 Å². The molecule has 0 aromatic heterocycles. The minimum absolute atomic E-state index is 0.0701. The molecule has 0 aromatic carbocycles. The summed E-state index contributed by atoms with van der Waals surface area (Å²) in [6.07, 6.45) is 63.6. The van der Waals surface area contributed by atoms with Crippen LogP contribution in [0.1, 0.15) is 316 Å². The maximum atomic E-state index is 12.8. The molecule has 0 amide bonds. The summed E-state index contributed by atoms with van der Waals surface area (Å²) < 4.78 is 16.7. The standard InChI is InChI=1S/C59H110O6/c1-4-7-10-13-15-17-19-21-23-25-26-27-28-29-30-31-32-34-35-37-39-41-43-46-49-52-58(61)64-55-56(54-63-57(60)51-48-45-12-9-6-3)65-59(62)53-50-47-44-42-40-38-36-33-24-22-20-18-16-14-11-8-5-2/h22,24-26,56H,4-21,23,27-55H2,1-3H3/b24-22-,26-25-. The summed E-state index contributed by atoms with van der Waals surface area (Å²) in [6, 6.07) is 0. The highest BCUT2D eigenvalue weighted by Gasteiger charge is 2.19. The van der Waals surface area contributed by atoms with Crippen LogP contribution >= 0.6 is 0 Å². The van der Waals surface area contributed by atoms with Crippen LogP contribution in [0, 0.1) is 0 Å². The molecular formula is C59H110O6. The van der Waals surface area contributed by atoms with Gasteiger partial charge in [-0.1, -0.05) is 251 Å². The molecule has 382 valence electrons. The van der Waals surface area contributed by atoms with Gasteiger partial charge in [0.05, 0.1) is 0 Å². The summed E-state index contributed by atoms with van der Waals surface area (Å²) >= 11 is 0. The Morgan fingerprint density at radius 1 is 0.292 bits per heavy atom. The fraction of sp³-hybridized carbons (Fsp3) is 0.881. The van der Waals surface area contributed by atoms with Gasteiger partial charge in [-0.25, -0.2) is 0 Å². The third-order valence-electron chi connectivity index (χ3n) is 12.9. The molecule has 0 aliphatic carbocycles. The molecule has 0 heterocycles. The first-order valence-corrected chi connectivity index (χ1v) is 28.8. The van der Waals surface area contributed by atoms with Gasteiger partial charge in [0.25, 0.3) is 0 Å². The van der Waals surface area contributed by atoms with E-state index < -0.39 is 6.10 Å². The number of carbonyl (C=O) groups is 3. The van der Waals surface area contributed by atoms with E-state index in [4.69, 9.17) is 14.2 Å². The first kappa shape index (κ1) is 62.9. The number of hydrogen-bond acceptors (Lipinski definition) is 6. The summed E-state index contributed by atoms with van der Waals surface area (Å²) in [5, 5.41) is 0. The molecule has 0 N–H and O–H groups in total. The third-order valence-corrected chi connectivity index (χ3v) is 12.9. The van der Waals surface area contributed by atoms with E-state index in [9.17, 15) is 14.4 Å². The molecule has 6 heteroatoms. The highest BCUT2D eigenvalue weighted by atomic mass is 16.6. The summed E-state index contributed by atoms with van der Waals surface area (Å²) in [5.41, 5.74) is 0. The van der Waals surface area contributed by atoms with Crippen LogP contribution in [0.3, 0.4) is 0 Å². The number of allylic oxidation sites excluding steroid dienone is 4. The molecule has 0 spiro atoms. The van der Waals surface area contributed by atoms with E-state index in [0.717, 1.165) is 64.2 Å². The van der Waals surface area contributed by atoms with Gasteiger partial charge >= 0.3 is 17.9 Å². The van der Waals surface area contributed by atoms with E-state index in [-0.39, 0.29) is 31.1 Å². The van der Waals surface area contributed by atoms with Crippen molar-refractivity contribution in [2.45, 2.75) is 322 Å². The highest BCUT2D eigenvalue weighted by molar-refractivity contribution is 5.71. The lowest BCUT2D eigenvalue weighted by molar-refractivity contribution is -0.167. The molecule has 0 saturated heterocycles. The Kier molecular flexibility index (Phi) is 52.7. The Balaban J connectivity index is 4.03. The van der Waals surface area contributed by atoms with E-state index in [0.29, 0.717) is 19.3 Å². The number of carbonyl (C=O) groups excluding carboxylic acids is 3. The van der Waals surface area contributed by atoms with Crippen LogP contribution in [-0.4, -0.2) is 37.2 Å². The molecule has 0 rings (SSSR count). The number of unbranched alkanes of at least 4 members (excludes halogenated alkanes) is 38. The quantitative estimate of drug-likeness (QED) is 0.0262. The van der Waals surface area contributed by atoms with Crippen molar-refractivity contribution in [1.82, 2.24) is 0 Å². The first-order chi connectivity index (χ1) is 32.0. The van der Waals surface area contributed by atoms with Crippen molar-refractivity contribution in [3.8, 4) is 0 Å². The van der Waals surface area contributed by atoms with Crippen LogP contribution in [0.15, 0.2) is 24.3 Å². The third kappa shape index (κ3) is 52.7. The summed E-state index contributed by atoms with van der Waals surface area (Å²) in [7, 11) is 0. The van der Waals surface area contributed by atoms with Gasteiger partial charge in [-0.05, 0) is 70.6 Å². The van der Waals surface area contributed by atoms with Gasteiger partial charge in [-0.3, -0.25) is 14.4 Å². The minimum atomic E-state index is -0.767. The minimum Gasteiger partial charge on any atom is -0.462 e. The maximum Gasteiger partial charge on any atom is 0.306 e. The average Bonchev–Trinajstić information content (AvgIpc) is 3.30. The number of rotatable bonds is 53. The van der Waals surface area contributed by atoms with Crippen molar-refractivity contribution in [2.75, 3.05) is 13.2 Å². The van der Waals surface area contributed by atoms with Crippen molar-refractivity contribution in [1.29, 1.82) is 0 Å². The molecule has 0 radical (unpaired) electrons. The predicted octanol–water partition coefficient (Wildman–Crippen LogP) is 19.1. The molecule has 1 atom stereocenters. The highest BCUT2D eigenvalue weighted by Crippen LogP contribution is 2.16. The molecule has 0 aliphatic heterocycles. The average molecular weight is 916 g/mol. The molecule has 0 aliphatic rings. The van der Waals surface area contributed by atoms with Crippen LogP contribution in [0.2, 0.25) is 0 Å². The monoisotopic (exact) mass is 915 g/mol. The second-order valence-corrected chi connectivity index (χ2v) is 19.6. The Morgan fingerprint density at radius 2 is 0.508 bits per heavy atom. The second-order valence-electron chi connectivity index (χ2n) is 19.6. The van der Waals surface area contributed by atoms with Crippen LogP contribution < -0.4 is 0 Å². The van der Waals surface area contributed by atoms with Crippen LogP contribution in [-0.2, 0) is 28.6 Å². The number of ether oxygens (including phenoxy) is 3. The SMILES string of the molecule is CCCCCCCC/C=C\CCCCCCCCCC(=O)OC(COC(=O)CCCCCCC)COC(=O)CCCCCCCCCCCCCCC/C=C\CCCCCCCCCC. The lowest BCUT2D eigenvalue weighted by Gasteiger charge is -2.18. The van der Waals surface area contributed by atoms with E-state index >= 15 is 0 Å². The van der Waals surface area contributed by atoms with E-state index in [1.54, 1.807) is 0 Å². The Morgan fingerprint density at radius 3 is 0.769 bits per heavy atom. The zero-order chi connectivity index (χ0) is 47.2. The van der Waals surface area contributed by atoms with Gasteiger partial charge in [0, 0.05) is 19.3 Å². The van der Waals surface area contributed by atoms with Gasteiger partial charge in [0.15, 0.2) is 6.10 Å². The summed E-state index contributed by atoms with van der Waals surface area (Å²) in [5.74, 6) is -0.873. The van der Waals surface area contributed by atoms with Crippen molar-refractivity contribution in [2.24, 2.45) is 0 Å². The molecular weight excluding hydrogens is 805 g/mol. The number of hydrogen-bond donors (Lipinski definition) is 0. The molecule has 65 heavy (non-hydrogen) atoms. The Labute approximate surface area is 404 Å². The van der Waals surface area contributed by atoms with Crippen molar-refractivity contribution in [3.63, 3.8) is 0 Å². The molecule has 1 unspecified atom stereocenters. The largest absolute Gasteiger partial charge is 0.462 e. The number of esters is 3. The summed E-state index contributed by atoms with van der Waals surface area (Å²) in [6.45, 7) is 6.59. The smallest absolute Gasteiger partial charge is 0.306 e. The van der Waals surface area contributed by atoms with E-state index in [2.05, 4.69) is 45.1 Å². The van der Waals surface area contributed by atoms with Gasteiger partial charge in [0.2, 0.25) is 0 Å². The van der Waals surface area contributed by atoms with Gasteiger partial charge in [-0.15, -0.1) is 0 Å². The normalized spacial score (nSPS) is 12.1. The fourth-order valence-electron chi connectivity index (χ4n) is 8.55. The molecule has 6 nitrogen and oxygen atoms in total. The van der Waals surface area contributed by atoms with Crippen LogP contribution in [0.5, 0.6) is 0 Å². The zero-order valence-corrected chi connectivity index (χ0v) is 43.8. The maximum absolute atomic E-state index is 12.8. The molecule has 0 fully saturated rings. The van der Waals surface area contributed by atoms with Crippen LogP contribution in [0.4, 0.5) is 0 Å². The molecule has 0 aromatic rings. The Bertz CT molecular complexity index is 1050. The zero-order valence-electron chi connectivity index (χ0n) is 43.8. The lowest BCUT2D eigenvalue weighted by Crippen LogP contribution is -2.30. The van der Waals surface area contributed by atoms with Crippen molar-refractivity contribution >= 4 is 17.9 Å². The Hall–Kier alpha value is -2.11. The van der Waals surface area contributed by atoms with Gasteiger partial charge < -0.3 is 14.2 Å². The van der Waals surface area contributed by atoms with Crippen LogP contribution in [0.25, 0.3) is 0 Å². The molecule has 0 bridgehead atoms. The lowest BCUT2D eigenvalue weighted by atomic mass is 10.0. The topological polar surface area (TPSA) is 78.9 Å². The summed E-state index contributed by atoms with van der Waals surface area (Å²) in [4.78, 5) is 37.8. The predicted molar refractivity (Wildman–Crippen MR) is 279 cm³/mol. The van der Waals surface area contributed by atoms with E-state index in [1.165, 1.54) is 212 Å². The van der Waals surface area contributed by atoms with Gasteiger partial charge in [-0.2, -0.15) is 0 Å². The fourth-order valence-corrected chi connectivity index (χ4v) is 8.55. The second kappa shape index (κ2) is 54.5.